The standard InChI is InChI=1S/C31H45N3O7S3/c1-6-8-14-31(7-2)20-44(37,38)27-15-22(26(39-3)16-23(27)28(34-31)21-12-10-9-11-13-21)17-33-25(30(36)41-5)19-43-42-18-24(32)29(35)40-4/h9-13,15-16,24-25,28,33-34H,6-8,14,17-20,32H2,1-5H3/t24-,25-,28+,31+/m0/s1. The Balaban J connectivity index is 1.95. The van der Waals surface area contributed by atoms with Crippen LogP contribution in [0.5, 0.6) is 5.75 Å². The van der Waals surface area contributed by atoms with Gasteiger partial charge in [0.25, 0.3) is 0 Å². The van der Waals surface area contributed by atoms with E-state index in [1.807, 2.05) is 43.3 Å². The van der Waals surface area contributed by atoms with Crippen LogP contribution in [0.2, 0.25) is 0 Å². The van der Waals surface area contributed by atoms with Crippen molar-refractivity contribution in [3.05, 3.63) is 59.2 Å². The van der Waals surface area contributed by atoms with Gasteiger partial charge in [0.05, 0.1) is 38.0 Å². The molecule has 0 fully saturated rings. The van der Waals surface area contributed by atoms with Gasteiger partial charge in [0, 0.05) is 29.2 Å². The minimum absolute atomic E-state index is 0.0155. The molecule has 13 heteroatoms. The summed E-state index contributed by atoms with van der Waals surface area (Å²) in [6.45, 7) is 4.31. The highest BCUT2D eigenvalue weighted by atomic mass is 33.1. The second-order valence-corrected chi connectivity index (χ2v) is 15.4. The van der Waals surface area contributed by atoms with E-state index in [4.69, 9.17) is 15.2 Å². The molecule has 0 aromatic heterocycles. The first-order chi connectivity index (χ1) is 21.0. The van der Waals surface area contributed by atoms with Crippen LogP contribution in [-0.2, 0) is 35.4 Å². The van der Waals surface area contributed by atoms with Crippen molar-refractivity contribution in [2.24, 2.45) is 5.73 Å². The van der Waals surface area contributed by atoms with Crippen LogP contribution >= 0.6 is 21.6 Å². The molecule has 244 valence electrons. The third-order valence-electron chi connectivity index (χ3n) is 7.89. The Morgan fingerprint density at radius 3 is 2.36 bits per heavy atom. The fourth-order valence-corrected chi connectivity index (χ4v) is 9.76. The number of nitrogens with one attached hydrogen (secondary N) is 2. The molecule has 0 spiro atoms. The van der Waals surface area contributed by atoms with Crippen molar-refractivity contribution in [3.63, 3.8) is 0 Å². The molecule has 4 N–H and O–H groups in total. The van der Waals surface area contributed by atoms with Gasteiger partial charge in [-0.3, -0.25) is 20.2 Å². The molecule has 1 aliphatic heterocycles. The molecule has 10 nitrogen and oxygen atoms in total. The summed E-state index contributed by atoms with van der Waals surface area (Å²) in [6, 6.07) is 11.5. The highest BCUT2D eigenvalue weighted by molar-refractivity contribution is 8.76. The maximum Gasteiger partial charge on any atom is 0.323 e. The minimum atomic E-state index is -3.71. The molecule has 0 amide bonds. The molecule has 2 aromatic carbocycles. The van der Waals surface area contributed by atoms with Crippen LogP contribution in [0.25, 0.3) is 0 Å². The summed E-state index contributed by atoms with van der Waals surface area (Å²) < 4.78 is 43.7. The predicted octanol–water partition coefficient (Wildman–Crippen LogP) is 4.01. The highest BCUT2D eigenvalue weighted by Crippen LogP contribution is 2.41. The van der Waals surface area contributed by atoms with Crippen molar-refractivity contribution in [2.45, 2.75) is 74.6 Å². The summed E-state index contributed by atoms with van der Waals surface area (Å²) >= 11 is 0. The molecule has 44 heavy (non-hydrogen) atoms. The number of carbonyl (C=O) groups excluding carboxylic acids is 2. The third kappa shape index (κ3) is 9.13. The number of hydrogen-bond acceptors (Lipinski definition) is 12. The number of benzene rings is 2. The molecule has 4 atom stereocenters. The molecular formula is C31H45N3O7S3. The number of esters is 2. The Morgan fingerprint density at radius 1 is 1.07 bits per heavy atom. The Morgan fingerprint density at radius 2 is 1.75 bits per heavy atom. The molecule has 0 aliphatic carbocycles. The molecule has 1 aliphatic rings. The second kappa shape index (κ2) is 16.9. The zero-order valence-corrected chi connectivity index (χ0v) is 28.5. The van der Waals surface area contributed by atoms with Gasteiger partial charge in [0.15, 0.2) is 9.84 Å². The van der Waals surface area contributed by atoms with E-state index < -0.39 is 39.4 Å². The predicted molar refractivity (Wildman–Crippen MR) is 177 cm³/mol. The van der Waals surface area contributed by atoms with Crippen molar-refractivity contribution < 1.29 is 32.2 Å². The summed E-state index contributed by atoms with van der Waals surface area (Å²) in [5.41, 5.74) is 7.43. The number of methoxy groups -OCH3 is 3. The lowest BCUT2D eigenvalue weighted by Crippen LogP contribution is -2.50. The average molecular weight is 668 g/mol. The number of unbranched alkanes of at least 4 members (excludes halogenated alkanes) is 1. The van der Waals surface area contributed by atoms with Crippen molar-refractivity contribution in [2.75, 3.05) is 38.6 Å². The fraction of sp³-hybridized carbons (Fsp3) is 0.548. The minimum Gasteiger partial charge on any atom is -0.496 e. The number of carbonyl (C=O) groups is 2. The van der Waals surface area contributed by atoms with Crippen molar-refractivity contribution in [1.82, 2.24) is 10.6 Å². The molecular weight excluding hydrogens is 623 g/mol. The molecule has 0 unspecified atom stereocenters. The third-order valence-corrected chi connectivity index (χ3v) is 12.3. The molecule has 0 saturated heterocycles. The molecule has 2 aromatic rings. The summed E-state index contributed by atoms with van der Waals surface area (Å²) in [5.74, 6) is 0.175. The van der Waals surface area contributed by atoms with Gasteiger partial charge in [-0.15, -0.1) is 0 Å². The van der Waals surface area contributed by atoms with E-state index in [-0.39, 0.29) is 23.2 Å². The zero-order valence-electron chi connectivity index (χ0n) is 26.1. The highest BCUT2D eigenvalue weighted by Gasteiger charge is 2.42. The Kier molecular flexibility index (Phi) is 13.9. The Hall–Kier alpha value is -2.29. The Bertz CT molecular complexity index is 1360. The smallest absolute Gasteiger partial charge is 0.323 e. The van der Waals surface area contributed by atoms with Gasteiger partial charge in [-0.05, 0) is 36.1 Å². The Labute approximate surface area is 269 Å². The SMILES string of the molecule is CCCC[C@]1(CC)CS(=O)(=O)c2cc(CN[C@@H](CSSC[C@H](N)C(=O)OC)C(=O)OC)c(OC)cc2[C@@H](c2ccccc2)N1. The lowest BCUT2D eigenvalue weighted by atomic mass is 9.88. The lowest BCUT2D eigenvalue weighted by molar-refractivity contribution is -0.143. The van der Waals surface area contributed by atoms with Gasteiger partial charge >= 0.3 is 11.9 Å². The number of sulfone groups is 1. The van der Waals surface area contributed by atoms with Crippen LogP contribution in [-0.4, -0.2) is 76.6 Å². The summed E-state index contributed by atoms with van der Waals surface area (Å²) in [7, 11) is 3.15. The quantitative estimate of drug-likeness (QED) is 0.135. The van der Waals surface area contributed by atoms with Crippen LogP contribution in [0, 0.1) is 0 Å². The van der Waals surface area contributed by atoms with E-state index >= 15 is 0 Å². The monoisotopic (exact) mass is 667 g/mol. The molecule has 0 bridgehead atoms. The van der Waals surface area contributed by atoms with Crippen LogP contribution in [0.4, 0.5) is 0 Å². The zero-order chi connectivity index (χ0) is 32.3. The van der Waals surface area contributed by atoms with Gasteiger partial charge in [-0.25, -0.2) is 8.42 Å². The first-order valence-electron chi connectivity index (χ1n) is 14.7. The summed E-state index contributed by atoms with van der Waals surface area (Å²) in [6.07, 6.45) is 3.28. The summed E-state index contributed by atoms with van der Waals surface area (Å²) in [4.78, 5) is 24.4. The molecule has 0 radical (unpaired) electrons. The van der Waals surface area contributed by atoms with E-state index in [1.54, 1.807) is 13.2 Å². The van der Waals surface area contributed by atoms with E-state index in [2.05, 4.69) is 22.3 Å². The normalized spacial score (nSPS) is 20.5. The van der Waals surface area contributed by atoms with Crippen LogP contribution in [0.3, 0.4) is 0 Å². The van der Waals surface area contributed by atoms with Crippen molar-refractivity contribution >= 4 is 43.4 Å². The van der Waals surface area contributed by atoms with Gasteiger partial charge in [0.2, 0.25) is 0 Å². The van der Waals surface area contributed by atoms with E-state index in [9.17, 15) is 18.0 Å². The number of ether oxygens (including phenoxy) is 3. The van der Waals surface area contributed by atoms with Crippen LogP contribution in [0.1, 0.15) is 62.3 Å². The number of fused-ring (bicyclic) bond motifs is 1. The molecule has 1 heterocycles. The summed E-state index contributed by atoms with van der Waals surface area (Å²) in [5, 5.41) is 6.99. The van der Waals surface area contributed by atoms with Crippen molar-refractivity contribution in [1.29, 1.82) is 0 Å². The average Bonchev–Trinajstić information content (AvgIpc) is 3.13. The van der Waals surface area contributed by atoms with Crippen LogP contribution < -0.4 is 21.1 Å². The topological polar surface area (TPSA) is 146 Å². The fourth-order valence-electron chi connectivity index (χ4n) is 5.30. The number of rotatable bonds is 16. The maximum atomic E-state index is 14.1. The van der Waals surface area contributed by atoms with Gasteiger partial charge in [-0.1, -0.05) is 78.6 Å². The first-order valence-corrected chi connectivity index (χ1v) is 18.8. The van der Waals surface area contributed by atoms with Gasteiger partial charge in [-0.2, -0.15) is 0 Å². The van der Waals surface area contributed by atoms with E-state index in [1.165, 1.54) is 35.8 Å². The van der Waals surface area contributed by atoms with E-state index in [0.29, 0.717) is 34.8 Å². The number of hydrogen-bond donors (Lipinski definition) is 3. The lowest BCUT2D eigenvalue weighted by Gasteiger charge is -2.36. The van der Waals surface area contributed by atoms with E-state index in [0.717, 1.165) is 24.8 Å². The molecule has 0 saturated carbocycles. The molecule has 3 rings (SSSR count). The first kappa shape index (κ1) is 36.2. The van der Waals surface area contributed by atoms with Crippen molar-refractivity contribution in [3.8, 4) is 5.75 Å². The largest absolute Gasteiger partial charge is 0.496 e. The second-order valence-electron chi connectivity index (χ2n) is 10.8. The van der Waals surface area contributed by atoms with Crippen LogP contribution in [0.15, 0.2) is 47.4 Å². The maximum absolute atomic E-state index is 14.1. The van der Waals surface area contributed by atoms with Gasteiger partial charge < -0.3 is 19.9 Å². The number of nitrogens with two attached hydrogens (primary N) is 1. The van der Waals surface area contributed by atoms with Gasteiger partial charge in [0.1, 0.15) is 17.8 Å².